The lowest BCUT2D eigenvalue weighted by Gasteiger charge is -2.16. The summed E-state index contributed by atoms with van der Waals surface area (Å²) < 4.78 is 0. The van der Waals surface area contributed by atoms with Crippen LogP contribution < -0.4 is 5.32 Å². The highest BCUT2D eigenvalue weighted by Gasteiger charge is 2.06. The predicted molar refractivity (Wildman–Crippen MR) is 40.0 cm³/mol. The molecule has 1 saturated heterocycles. The number of aliphatic hydroxyl groups is 1. The van der Waals surface area contributed by atoms with Crippen LogP contribution in [-0.2, 0) is 0 Å². The van der Waals surface area contributed by atoms with Crippen LogP contribution in [-0.4, -0.2) is 49.3 Å². The van der Waals surface area contributed by atoms with Gasteiger partial charge in [0.2, 0.25) is 0 Å². The number of nitrogens with zero attached hydrogens (tertiary/aromatic N) is 2. The monoisotopic (exact) mass is 143 g/mol. The summed E-state index contributed by atoms with van der Waals surface area (Å²) in [6, 6.07) is 0. The molecule has 10 heavy (non-hydrogen) atoms. The topological polar surface area (TPSA) is 37.6 Å². The van der Waals surface area contributed by atoms with E-state index in [0.29, 0.717) is 0 Å². The van der Waals surface area contributed by atoms with Crippen molar-refractivity contribution in [3.63, 3.8) is 0 Å². The minimum atomic E-state index is 0.278. The lowest BCUT2D eigenvalue weighted by Crippen LogP contribution is -2.29. The zero-order valence-corrected chi connectivity index (χ0v) is 6.29. The van der Waals surface area contributed by atoms with Crippen LogP contribution in [0.3, 0.4) is 0 Å². The summed E-state index contributed by atoms with van der Waals surface area (Å²) in [7, 11) is 0. The third kappa shape index (κ3) is 2.64. The molecule has 3 nitrogen and oxygen atoms in total. The summed E-state index contributed by atoms with van der Waals surface area (Å²) in [5.41, 5.74) is 0. The van der Waals surface area contributed by atoms with Crippen LogP contribution in [0.15, 0.2) is 0 Å². The van der Waals surface area contributed by atoms with Gasteiger partial charge in [-0.1, -0.05) is 0 Å². The van der Waals surface area contributed by atoms with Crippen LogP contribution in [0, 0.1) is 0 Å². The fourth-order valence-corrected chi connectivity index (χ4v) is 1.21. The maximum Gasteiger partial charge on any atom is 0.0558 e. The normalized spacial score (nSPS) is 22.5. The fraction of sp³-hybridized carbons (Fsp3) is 1.00. The Morgan fingerprint density at radius 1 is 1.30 bits per heavy atom. The van der Waals surface area contributed by atoms with Crippen molar-refractivity contribution in [2.24, 2.45) is 0 Å². The highest BCUT2D eigenvalue weighted by atomic mass is 16.3. The maximum absolute atomic E-state index is 8.64. The Morgan fingerprint density at radius 2 is 2.20 bits per heavy atom. The van der Waals surface area contributed by atoms with E-state index in [4.69, 9.17) is 5.11 Å². The first-order chi connectivity index (χ1) is 4.93. The highest BCUT2D eigenvalue weighted by Crippen LogP contribution is 1.94. The minimum Gasteiger partial charge on any atom is -0.395 e. The van der Waals surface area contributed by atoms with Gasteiger partial charge < -0.3 is 5.11 Å². The lowest BCUT2D eigenvalue weighted by molar-refractivity contribution is 0.204. The van der Waals surface area contributed by atoms with Crippen molar-refractivity contribution in [1.82, 2.24) is 10.2 Å². The second kappa shape index (κ2) is 4.66. The number of rotatable bonds is 2. The Labute approximate surface area is 62.0 Å². The van der Waals surface area contributed by atoms with Crippen molar-refractivity contribution in [3.8, 4) is 0 Å². The maximum atomic E-state index is 8.64. The van der Waals surface area contributed by atoms with Crippen molar-refractivity contribution < 1.29 is 5.11 Å². The van der Waals surface area contributed by atoms with Gasteiger partial charge in [-0.15, -0.1) is 0 Å². The summed E-state index contributed by atoms with van der Waals surface area (Å²) in [6.07, 6.45) is 1.15. The average molecular weight is 143 g/mol. The van der Waals surface area contributed by atoms with Gasteiger partial charge in [-0.3, -0.25) is 4.90 Å². The van der Waals surface area contributed by atoms with E-state index >= 15 is 0 Å². The van der Waals surface area contributed by atoms with Gasteiger partial charge in [0.15, 0.2) is 0 Å². The molecule has 1 heterocycles. The molecular formula is C7H15N2O. The Bertz CT molecular complexity index is 79.7. The molecule has 0 bridgehead atoms. The van der Waals surface area contributed by atoms with Gasteiger partial charge in [-0.05, 0) is 13.0 Å². The quantitative estimate of drug-likeness (QED) is 0.554. The van der Waals surface area contributed by atoms with Gasteiger partial charge in [-0.25, -0.2) is 5.32 Å². The third-order valence-corrected chi connectivity index (χ3v) is 1.78. The van der Waals surface area contributed by atoms with Gasteiger partial charge in [0.05, 0.1) is 6.61 Å². The van der Waals surface area contributed by atoms with Gasteiger partial charge in [0, 0.05) is 26.2 Å². The lowest BCUT2D eigenvalue weighted by atomic mass is 10.4. The summed E-state index contributed by atoms with van der Waals surface area (Å²) >= 11 is 0. The van der Waals surface area contributed by atoms with E-state index in [1.807, 2.05) is 0 Å². The zero-order chi connectivity index (χ0) is 7.23. The Hall–Kier alpha value is -0.120. The predicted octanol–water partition coefficient (Wildman–Crippen LogP) is -0.711. The van der Waals surface area contributed by atoms with E-state index in [1.54, 1.807) is 0 Å². The number of hydrogen-bond donors (Lipinski definition) is 1. The number of hydrogen-bond acceptors (Lipinski definition) is 2. The van der Waals surface area contributed by atoms with Gasteiger partial charge >= 0.3 is 0 Å². The molecule has 0 aromatic heterocycles. The van der Waals surface area contributed by atoms with E-state index in [9.17, 15) is 0 Å². The number of aliphatic hydroxyl groups excluding tert-OH is 1. The highest BCUT2D eigenvalue weighted by molar-refractivity contribution is 4.64. The SMILES string of the molecule is OCCN1CCC[N]CC1. The van der Waals surface area contributed by atoms with Crippen LogP contribution in [0.25, 0.3) is 0 Å². The van der Waals surface area contributed by atoms with E-state index in [1.165, 1.54) is 0 Å². The van der Waals surface area contributed by atoms with Crippen molar-refractivity contribution in [3.05, 3.63) is 0 Å². The molecule has 1 aliphatic rings. The molecule has 0 aromatic rings. The summed E-state index contributed by atoms with van der Waals surface area (Å²) in [5.74, 6) is 0. The number of β-amino-alcohol motifs (C(OH)–C–C–N with tert-alkyl or cyclic N) is 1. The molecule has 3 heteroatoms. The Balaban J connectivity index is 2.15. The third-order valence-electron chi connectivity index (χ3n) is 1.78. The summed E-state index contributed by atoms with van der Waals surface area (Å²) in [4.78, 5) is 2.26. The first-order valence-corrected chi connectivity index (χ1v) is 3.90. The molecule has 1 rings (SSSR count). The van der Waals surface area contributed by atoms with Crippen molar-refractivity contribution in [1.29, 1.82) is 0 Å². The van der Waals surface area contributed by atoms with E-state index in [0.717, 1.165) is 39.1 Å². The molecular weight excluding hydrogens is 128 g/mol. The molecule has 1 radical (unpaired) electrons. The summed E-state index contributed by atoms with van der Waals surface area (Å²) in [6.45, 7) is 5.17. The van der Waals surface area contributed by atoms with Crippen LogP contribution in [0.2, 0.25) is 0 Å². The van der Waals surface area contributed by atoms with Crippen molar-refractivity contribution >= 4 is 0 Å². The molecule has 1 fully saturated rings. The standard InChI is InChI=1S/C7H15N2O/c10-7-6-9-4-1-2-8-3-5-9/h10H,1-7H2. The van der Waals surface area contributed by atoms with Crippen molar-refractivity contribution in [2.75, 3.05) is 39.3 Å². The molecule has 0 aromatic carbocycles. The Morgan fingerprint density at radius 3 is 3.00 bits per heavy atom. The second-order valence-electron chi connectivity index (χ2n) is 2.59. The average Bonchev–Trinajstić information content (AvgIpc) is 2.17. The fourth-order valence-electron chi connectivity index (χ4n) is 1.21. The first-order valence-electron chi connectivity index (χ1n) is 3.90. The van der Waals surface area contributed by atoms with Crippen molar-refractivity contribution in [2.45, 2.75) is 6.42 Å². The molecule has 0 spiro atoms. The summed E-state index contributed by atoms with van der Waals surface area (Å²) in [5, 5.41) is 12.9. The van der Waals surface area contributed by atoms with Gasteiger partial charge in [0.1, 0.15) is 0 Å². The molecule has 0 atom stereocenters. The first kappa shape index (κ1) is 7.98. The molecule has 1 N–H and O–H groups in total. The van der Waals surface area contributed by atoms with E-state index in [2.05, 4.69) is 10.2 Å². The van der Waals surface area contributed by atoms with Crippen LogP contribution in [0.1, 0.15) is 6.42 Å². The second-order valence-corrected chi connectivity index (χ2v) is 2.59. The molecule has 0 aliphatic carbocycles. The minimum absolute atomic E-state index is 0.278. The molecule has 0 unspecified atom stereocenters. The van der Waals surface area contributed by atoms with Crippen LogP contribution >= 0.6 is 0 Å². The smallest absolute Gasteiger partial charge is 0.0558 e. The van der Waals surface area contributed by atoms with Gasteiger partial charge in [0.25, 0.3) is 0 Å². The Kier molecular flexibility index (Phi) is 3.72. The molecule has 1 aliphatic heterocycles. The van der Waals surface area contributed by atoms with E-state index in [-0.39, 0.29) is 6.61 Å². The molecule has 0 saturated carbocycles. The molecule has 59 valence electrons. The molecule has 0 amide bonds. The zero-order valence-electron chi connectivity index (χ0n) is 6.29. The van der Waals surface area contributed by atoms with Gasteiger partial charge in [-0.2, -0.15) is 0 Å². The van der Waals surface area contributed by atoms with Crippen LogP contribution in [0.4, 0.5) is 0 Å². The van der Waals surface area contributed by atoms with Crippen LogP contribution in [0.5, 0.6) is 0 Å². The largest absolute Gasteiger partial charge is 0.395 e. The van der Waals surface area contributed by atoms with E-state index < -0.39 is 0 Å².